The van der Waals surface area contributed by atoms with Gasteiger partial charge in [-0.05, 0) is 43.9 Å². The molecule has 2 atom stereocenters. The highest BCUT2D eigenvalue weighted by Crippen LogP contribution is 2.23. The summed E-state index contributed by atoms with van der Waals surface area (Å²) in [6.07, 6.45) is 14.9. The molecule has 0 radical (unpaired) electrons. The Bertz CT molecular complexity index is 499. The predicted molar refractivity (Wildman–Crippen MR) is 119 cm³/mol. The standard InChI is InChI=1S/C25H42O4/c1-5-9-14-20(7-3)18-28-24(26)22-16-12-11-13-17-23(22)25(27)29-19-21(8-4)15-10-6-2/h16-17,20-21H,5-15,18-19H2,1-4H3. The largest absolute Gasteiger partial charge is 0.462 e. The van der Waals surface area contributed by atoms with Crippen molar-refractivity contribution >= 4 is 11.9 Å². The fraction of sp³-hybridized carbons (Fsp3) is 0.760. The molecule has 0 N–H and O–H groups in total. The van der Waals surface area contributed by atoms with E-state index in [-0.39, 0.29) is 11.9 Å². The molecule has 0 bridgehead atoms. The molecule has 1 aliphatic carbocycles. The Morgan fingerprint density at radius 3 is 1.55 bits per heavy atom. The predicted octanol–water partition coefficient (Wildman–Crippen LogP) is 6.54. The number of allylic oxidation sites excluding steroid dienone is 2. The third kappa shape index (κ3) is 9.64. The van der Waals surface area contributed by atoms with Crippen LogP contribution in [0.4, 0.5) is 0 Å². The highest BCUT2D eigenvalue weighted by atomic mass is 16.5. The Morgan fingerprint density at radius 2 is 1.21 bits per heavy atom. The molecule has 4 nitrogen and oxygen atoms in total. The minimum atomic E-state index is -0.386. The van der Waals surface area contributed by atoms with Gasteiger partial charge in [-0.15, -0.1) is 0 Å². The number of ether oxygens (including phenoxy) is 2. The molecular weight excluding hydrogens is 364 g/mol. The van der Waals surface area contributed by atoms with Crippen LogP contribution in [0.25, 0.3) is 0 Å². The average molecular weight is 407 g/mol. The van der Waals surface area contributed by atoms with Crippen molar-refractivity contribution in [1.82, 2.24) is 0 Å². The van der Waals surface area contributed by atoms with Gasteiger partial charge in [0.2, 0.25) is 0 Å². The third-order valence-electron chi connectivity index (χ3n) is 5.82. The van der Waals surface area contributed by atoms with E-state index in [0.29, 0.717) is 36.2 Å². The SMILES string of the molecule is CCCCC(CC)COC(=O)C1=CCCCC=C1C(=O)OCC(CC)CCCC. The van der Waals surface area contributed by atoms with Gasteiger partial charge in [-0.2, -0.15) is 0 Å². The van der Waals surface area contributed by atoms with Crippen molar-refractivity contribution in [3.05, 3.63) is 23.3 Å². The topological polar surface area (TPSA) is 52.6 Å². The normalized spacial score (nSPS) is 16.3. The first-order valence-electron chi connectivity index (χ1n) is 11.8. The Kier molecular flexibility index (Phi) is 13.4. The lowest BCUT2D eigenvalue weighted by molar-refractivity contribution is -0.144. The maximum absolute atomic E-state index is 12.8. The summed E-state index contributed by atoms with van der Waals surface area (Å²) in [5.74, 6) is -0.00628. The van der Waals surface area contributed by atoms with Gasteiger partial charge in [0.1, 0.15) is 0 Å². The number of carbonyl (C=O) groups is 2. The summed E-state index contributed by atoms with van der Waals surface area (Å²) in [6.45, 7) is 9.44. The quantitative estimate of drug-likeness (QED) is 0.307. The third-order valence-corrected chi connectivity index (χ3v) is 5.82. The number of esters is 2. The maximum Gasteiger partial charge on any atom is 0.338 e. The van der Waals surface area contributed by atoms with Crippen molar-refractivity contribution in [2.75, 3.05) is 13.2 Å². The summed E-state index contributed by atoms with van der Waals surface area (Å²) >= 11 is 0. The molecule has 1 aliphatic rings. The fourth-order valence-corrected chi connectivity index (χ4v) is 3.56. The van der Waals surface area contributed by atoms with Gasteiger partial charge in [0.05, 0.1) is 24.4 Å². The van der Waals surface area contributed by atoms with Crippen LogP contribution in [0.2, 0.25) is 0 Å². The highest BCUT2D eigenvalue weighted by molar-refractivity contribution is 6.07. The van der Waals surface area contributed by atoms with Crippen LogP contribution in [-0.4, -0.2) is 25.2 Å². The molecule has 0 aromatic rings. The molecule has 1 rings (SSSR count). The second-order valence-corrected chi connectivity index (χ2v) is 8.20. The summed E-state index contributed by atoms with van der Waals surface area (Å²) in [5, 5.41) is 0. The van der Waals surface area contributed by atoms with E-state index in [1.807, 2.05) is 12.2 Å². The Morgan fingerprint density at radius 1 is 0.793 bits per heavy atom. The first-order chi connectivity index (χ1) is 14.1. The van der Waals surface area contributed by atoms with E-state index in [9.17, 15) is 9.59 Å². The molecule has 0 amide bonds. The number of rotatable bonds is 14. The van der Waals surface area contributed by atoms with Gasteiger partial charge in [-0.3, -0.25) is 0 Å². The summed E-state index contributed by atoms with van der Waals surface area (Å²) < 4.78 is 11.2. The summed E-state index contributed by atoms with van der Waals surface area (Å²) in [7, 11) is 0. The van der Waals surface area contributed by atoms with E-state index < -0.39 is 0 Å². The van der Waals surface area contributed by atoms with E-state index in [2.05, 4.69) is 27.7 Å². The summed E-state index contributed by atoms with van der Waals surface area (Å²) in [4.78, 5) is 25.5. The van der Waals surface area contributed by atoms with E-state index >= 15 is 0 Å². The molecule has 0 heterocycles. The van der Waals surface area contributed by atoms with E-state index in [4.69, 9.17) is 9.47 Å². The Hall–Kier alpha value is -1.58. The number of hydrogen-bond acceptors (Lipinski definition) is 4. The van der Waals surface area contributed by atoms with Crippen LogP contribution in [0.1, 0.15) is 98.3 Å². The van der Waals surface area contributed by atoms with Gasteiger partial charge in [0, 0.05) is 0 Å². The van der Waals surface area contributed by atoms with E-state index in [0.717, 1.165) is 70.6 Å². The van der Waals surface area contributed by atoms with Crippen LogP contribution < -0.4 is 0 Å². The molecule has 0 aromatic heterocycles. The van der Waals surface area contributed by atoms with Crippen molar-refractivity contribution < 1.29 is 19.1 Å². The molecule has 166 valence electrons. The second-order valence-electron chi connectivity index (χ2n) is 8.20. The molecule has 0 aromatic carbocycles. The molecule has 4 heteroatoms. The molecule has 0 aliphatic heterocycles. The Balaban J connectivity index is 2.70. The Labute approximate surface area is 178 Å². The zero-order chi connectivity index (χ0) is 21.5. The highest BCUT2D eigenvalue weighted by Gasteiger charge is 2.25. The number of carbonyl (C=O) groups excluding carboxylic acids is 2. The molecule has 29 heavy (non-hydrogen) atoms. The van der Waals surface area contributed by atoms with E-state index in [1.165, 1.54) is 0 Å². The monoisotopic (exact) mass is 406 g/mol. The lowest BCUT2D eigenvalue weighted by atomic mass is 10.00. The summed E-state index contributed by atoms with van der Waals surface area (Å²) in [5.41, 5.74) is 0.777. The average Bonchev–Trinajstić information content (AvgIpc) is 3.00. The summed E-state index contributed by atoms with van der Waals surface area (Å²) in [6, 6.07) is 0. The fourth-order valence-electron chi connectivity index (χ4n) is 3.56. The van der Waals surface area contributed by atoms with E-state index in [1.54, 1.807) is 0 Å². The molecule has 0 saturated carbocycles. The lowest BCUT2D eigenvalue weighted by Crippen LogP contribution is -2.21. The van der Waals surface area contributed by atoms with Gasteiger partial charge in [0.15, 0.2) is 0 Å². The van der Waals surface area contributed by atoms with Crippen molar-refractivity contribution in [3.63, 3.8) is 0 Å². The second kappa shape index (κ2) is 15.3. The molecule has 0 saturated heterocycles. The molecular formula is C25H42O4. The smallest absolute Gasteiger partial charge is 0.338 e. The van der Waals surface area contributed by atoms with Crippen molar-refractivity contribution in [1.29, 1.82) is 0 Å². The molecule has 2 unspecified atom stereocenters. The number of unbranched alkanes of at least 4 members (excludes halogenated alkanes) is 2. The first-order valence-corrected chi connectivity index (χ1v) is 11.8. The number of hydrogen-bond donors (Lipinski definition) is 0. The van der Waals surface area contributed by atoms with Crippen LogP contribution in [0.15, 0.2) is 23.3 Å². The van der Waals surface area contributed by atoms with Crippen molar-refractivity contribution in [2.45, 2.75) is 98.3 Å². The zero-order valence-corrected chi connectivity index (χ0v) is 19.1. The van der Waals surface area contributed by atoms with Gasteiger partial charge >= 0.3 is 11.9 Å². The van der Waals surface area contributed by atoms with Gasteiger partial charge in [0.25, 0.3) is 0 Å². The van der Waals surface area contributed by atoms with Crippen LogP contribution in [0, 0.1) is 11.8 Å². The first kappa shape index (κ1) is 25.5. The van der Waals surface area contributed by atoms with Crippen LogP contribution in [0.5, 0.6) is 0 Å². The van der Waals surface area contributed by atoms with Crippen molar-refractivity contribution in [2.24, 2.45) is 11.8 Å². The lowest BCUT2D eigenvalue weighted by Gasteiger charge is -2.18. The zero-order valence-electron chi connectivity index (χ0n) is 19.1. The maximum atomic E-state index is 12.8. The minimum absolute atomic E-state index is 0.383. The van der Waals surface area contributed by atoms with Gasteiger partial charge in [-0.1, -0.05) is 78.4 Å². The van der Waals surface area contributed by atoms with Crippen molar-refractivity contribution in [3.8, 4) is 0 Å². The molecule has 0 spiro atoms. The minimum Gasteiger partial charge on any atom is -0.462 e. The van der Waals surface area contributed by atoms with Gasteiger partial charge in [-0.25, -0.2) is 9.59 Å². The molecule has 0 fully saturated rings. The van der Waals surface area contributed by atoms with Crippen LogP contribution >= 0.6 is 0 Å². The van der Waals surface area contributed by atoms with Crippen LogP contribution in [0.3, 0.4) is 0 Å². The van der Waals surface area contributed by atoms with Gasteiger partial charge < -0.3 is 9.47 Å². The van der Waals surface area contributed by atoms with Crippen LogP contribution in [-0.2, 0) is 19.1 Å².